The first-order valence-corrected chi connectivity index (χ1v) is 7.20. The van der Waals surface area contributed by atoms with Crippen molar-refractivity contribution in [3.05, 3.63) is 12.2 Å². The molecule has 0 spiro atoms. The highest BCUT2D eigenvalue weighted by atomic mass is 16.2. The Kier molecular flexibility index (Phi) is 2.96. The average molecular weight is 276 g/mol. The van der Waals surface area contributed by atoms with Gasteiger partial charge in [-0.05, 0) is 31.6 Å². The van der Waals surface area contributed by atoms with Crippen LogP contribution in [0.15, 0.2) is 12.2 Å². The molecule has 4 rings (SSSR count). The Bertz CT molecular complexity index is 479. The van der Waals surface area contributed by atoms with Gasteiger partial charge in [0.2, 0.25) is 17.7 Å². The summed E-state index contributed by atoms with van der Waals surface area (Å²) >= 11 is 0. The number of allylic oxidation sites excluding steroid dienone is 2. The second kappa shape index (κ2) is 4.43. The molecule has 108 valence electrons. The summed E-state index contributed by atoms with van der Waals surface area (Å²) in [6.45, 7) is 1.64. The second-order valence-electron chi connectivity index (χ2n) is 6.30. The normalized spacial score (nSPS) is 36.2. The number of amides is 3. The summed E-state index contributed by atoms with van der Waals surface area (Å²) < 4.78 is 0. The van der Waals surface area contributed by atoms with E-state index in [4.69, 9.17) is 0 Å². The molecule has 0 radical (unpaired) electrons. The largest absolute Gasteiger partial charge is 0.347 e. The van der Waals surface area contributed by atoms with E-state index in [2.05, 4.69) is 12.2 Å². The van der Waals surface area contributed by atoms with Crippen LogP contribution in [0.4, 0.5) is 0 Å². The van der Waals surface area contributed by atoms with Crippen molar-refractivity contribution in [3.63, 3.8) is 0 Å². The number of hydrogen-bond donors (Lipinski definition) is 0. The molecule has 1 heterocycles. The fourth-order valence-electron chi connectivity index (χ4n) is 3.96. The predicted octanol–water partition coefficient (Wildman–Crippen LogP) is 0.660. The Morgan fingerprint density at radius 1 is 1.15 bits per heavy atom. The lowest BCUT2D eigenvalue weighted by Crippen LogP contribution is -2.48. The third-order valence-electron chi connectivity index (χ3n) is 4.98. The first kappa shape index (κ1) is 13.3. The van der Waals surface area contributed by atoms with E-state index in [0.717, 1.165) is 12.8 Å². The predicted molar refractivity (Wildman–Crippen MR) is 72.3 cm³/mol. The molecule has 3 aliphatic carbocycles. The SMILES string of the molecule is C[C@H](C(=O)N(C)C)N1C(=O)[C@H]2[C@H](C1=O)[C@H]1C=C[C@H]2CC1. The van der Waals surface area contributed by atoms with Crippen LogP contribution in [-0.2, 0) is 14.4 Å². The lowest BCUT2D eigenvalue weighted by molar-refractivity contribution is -0.150. The summed E-state index contributed by atoms with van der Waals surface area (Å²) in [6.07, 6.45) is 6.13. The minimum atomic E-state index is -0.699. The highest BCUT2D eigenvalue weighted by Gasteiger charge is 2.58. The number of imide groups is 1. The van der Waals surface area contributed by atoms with Gasteiger partial charge in [-0.3, -0.25) is 19.3 Å². The van der Waals surface area contributed by atoms with Gasteiger partial charge in [0.1, 0.15) is 6.04 Å². The highest BCUT2D eigenvalue weighted by molar-refractivity contribution is 6.08. The number of carbonyl (C=O) groups excluding carboxylic acids is 3. The number of fused-ring (bicyclic) bond motifs is 1. The van der Waals surface area contributed by atoms with Crippen molar-refractivity contribution in [2.24, 2.45) is 23.7 Å². The van der Waals surface area contributed by atoms with Crippen LogP contribution in [0.2, 0.25) is 0 Å². The van der Waals surface area contributed by atoms with Gasteiger partial charge in [-0.15, -0.1) is 0 Å². The Hall–Kier alpha value is -1.65. The molecular weight excluding hydrogens is 256 g/mol. The number of hydrogen-bond acceptors (Lipinski definition) is 3. The molecule has 3 amide bonds. The number of carbonyl (C=O) groups is 3. The molecule has 5 atom stereocenters. The van der Waals surface area contributed by atoms with Crippen molar-refractivity contribution in [3.8, 4) is 0 Å². The van der Waals surface area contributed by atoms with Crippen molar-refractivity contribution in [1.29, 1.82) is 0 Å². The first-order chi connectivity index (χ1) is 9.43. The van der Waals surface area contributed by atoms with E-state index >= 15 is 0 Å². The van der Waals surface area contributed by atoms with Crippen molar-refractivity contribution in [1.82, 2.24) is 9.80 Å². The van der Waals surface area contributed by atoms with Gasteiger partial charge in [0.15, 0.2) is 0 Å². The zero-order valence-electron chi connectivity index (χ0n) is 12.1. The summed E-state index contributed by atoms with van der Waals surface area (Å²) in [5, 5.41) is 0. The van der Waals surface area contributed by atoms with Crippen LogP contribution in [0.1, 0.15) is 19.8 Å². The fraction of sp³-hybridized carbons (Fsp3) is 0.667. The van der Waals surface area contributed by atoms with Crippen molar-refractivity contribution >= 4 is 17.7 Å². The zero-order chi connectivity index (χ0) is 14.6. The molecule has 0 aromatic rings. The summed E-state index contributed by atoms with van der Waals surface area (Å²) in [5.41, 5.74) is 0. The van der Waals surface area contributed by atoms with Gasteiger partial charge < -0.3 is 4.90 Å². The maximum Gasteiger partial charge on any atom is 0.245 e. The molecular formula is C15H20N2O3. The second-order valence-corrected chi connectivity index (χ2v) is 6.30. The molecule has 5 nitrogen and oxygen atoms in total. The summed E-state index contributed by atoms with van der Waals surface area (Å²) in [7, 11) is 3.28. The highest BCUT2D eigenvalue weighted by Crippen LogP contribution is 2.49. The molecule has 0 N–H and O–H groups in total. The minimum absolute atomic E-state index is 0.151. The fourth-order valence-corrected chi connectivity index (χ4v) is 3.96. The summed E-state index contributed by atoms with van der Waals surface area (Å²) in [6, 6.07) is -0.699. The van der Waals surface area contributed by atoms with Crippen LogP contribution in [0.25, 0.3) is 0 Å². The first-order valence-electron chi connectivity index (χ1n) is 7.20. The molecule has 5 heteroatoms. The number of likely N-dealkylation sites (tertiary alicyclic amines) is 1. The average Bonchev–Trinajstić information content (AvgIpc) is 2.73. The van der Waals surface area contributed by atoms with Crippen molar-refractivity contribution in [2.45, 2.75) is 25.8 Å². The molecule has 0 aromatic heterocycles. The Morgan fingerprint density at radius 2 is 1.60 bits per heavy atom. The van der Waals surface area contributed by atoms with Crippen LogP contribution < -0.4 is 0 Å². The Labute approximate surface area is 118 Å². The minimum Gasteiger partial charge on any atom is -0.347 e. The van der Waals surface area contributed by atoms with E-state index in [1.54, 1.807) is 21.0 Å². The van der Waals surface area contributed by atoms with E-state index in [1.807, 2.05) is 0 Å². The van der Waals surface area contributed by atoms with Crippen LogP contribution >= 0.6 is 0 Å². The topological polar surface area (TPSA) is 57.7 Å². The van der Waals surface area contributed by atoms with E-state index in [0.29, 0.717) is 0 Å². The molecule has 1 saturated heterocycles. The van der Waals surface area contributed by atoms with Crippen LogP contribution in [0.3, 0.4) is 0 Å². The van der Waals surface area contributed by atoms with E-state index < -0.39 is 6.04 Å². The molecule has 1 saturated carbocycles. The van der Waals surface area contributed by atoms with Gasteiger partial charge in [0.05, 0.1) is 11.8 Å². The standard InChI is InChI=1S/C15H20N2O3/c1-8(13(18)16(2)3)17-14(19)11-9-4-5-10(7-6-9)12(11)15(17)20/h4-5,8-12H,6-7H2,1-3H3/t8-,9+,10+,11-,12-/m1/s1. The smallest absolute Gasteiger partial charge is 0.245 e. The van der Waals surface area contributed by atoms with Gasteiger partial charge in [0.25, 0.3) is 0 Å². The molecule has 0 unspecified atom stereocenters. The lowest BCUT2D eigenvalue weighted by atomic mass is 9.63. The summed E-state index contributed by atoms with van der Waals surface area (Å²) in [5.74, 6) is -0.623. The van der Waals surface area contributed by atoms with Crippen LogP contribution in [0, 0.1) is 23.7 Å². The van der Waals surface area contributed by atoms with Crippen LogP contribution in [0.5, 0.6) is 0 Å². The van der Waals surface area contributed by atoms with Gasteiger partial charge in [-0.25, -0.2) is 0 Å². The maximum absolute atomic E-state index is 12.6. The quantitative estimate of drug-likeness (QED) is 0.550. The molecule has 4 aliphatic rings. The third-order valence-corrected chi connectivity index (χ3v) is 4.98. The molecule has 1 aliphatic heterocycles. The van der Waals surface area contributed by atoms with Gasteiger partial charge in [-0.1, -0.05) is 12.2 Å². The van der Waals surface area contributed by atoms with Gasteiger partial charge in [0, 0.05) is 14.1 Å². The number of likely N-dealkylation sites (N-methyl/N-ethyl adjacent to an activating group) is 1. The monoisotopic (exact) mass is 276 g/mol. The summed E-state index contributed by atoms with van der Waals surface area (Å²) in [4.78, 5) is 39.9. The lowest BCUT2D eigenvalue weighted by Gasteiger charge is -2.38. The van der Waals surface area contributed by atoms with E-state index in [-0.39, 0.29) is 41.4 Å². The van der Waals surface area contributed by atoms with E-state index in [1.165, 1.54) is 9.80 Å². The Morgan fingerprint density at radius 3 is 1.95 bits per heavy atom. The number of rotatable bonds is 2. The maximum atomic E-state index is 12.6. The van der Waals surface area contributed by atoms with Gasteiger partial charge >= 0.3 is 0 Å². The Balaban J connectivity index is 1.91. The van der Waals surface area contributed by atoms with Crippen molar-refractivity contribution in [2.75, 3.05) is 14.1 Å². The molecule has 20 heavy (non-hydrogen) atoms. The third kappa shape index (κ3) is 1.65. The molecule has 2 bridgehead atoms. The van der Waals surface area contributed by atoms with Crippen molar-refractivity contribution < 1.29 is 14.4 Å². The zero-order valence-corrected chi connectivity index (χ0v) is 12.1. The number of nitrogens with zero attached hydrogens (tertiary/aromatic N) is 2. The van der Waals surface area contributed by atoms with Crippen LogP contribution in [-0.4, -0.2) is 47.7 Å². The molecule has 2 fully saturated rings. The van der Waals surface area contributed by atoms with Gasteiger partial charge in [-0.2, -0.15) is 0 Å². The van der Waals surface area contributed by atoms with E-state index in [9.17, 15) is 14.4 Å². The molecule has 0 aromatic carbocycles.